The Bertz CT molecular complexity index is 1240. The molecule has 1 atom stereocenters. The van der Waals surface area contributed by atoms with Crippen molar-refractivity contribution < 1.29 is 8.42 Å². The number of hydrogen-bond donors (Lipinski definition) is 2. The van der Waals surface area contributed by atoms with Crippen molar-refractivity contribution in [2.75, 3.05) is 29.1 Å². The van der Waals surface area contributed by atoms with Crippen LogP contribution in [0.4, 0.5) is 11.4 Å². The van der Waals surface area contributed by atoms with Crippen LogP contribution in [0, 0.1) is 0 Å². The standard InChI is InChI=1S/C19H22ClN7O2S/c1-4-26(5-2)12-6-7-13-14(10-12)24-18(23-13)17-15(11-22-25-17)27-16(20)8-9-21-19(27)30(3,28)29/h6-11,19H,4-5H2,1-3H3,(H,22,25)(H,23,24). The van der Waals surface area contributed by atoms with E-state index in [4.69, 9.17) is 11.6 Å². The topological polar surface area (TPSA) is 110 Å². The zero-order valence-electron chi connectivity index (χ0n) is 16.8. The minimum absolute atomic E-state index is 0.225. The molecule has 11 heteroatoms. The number of aliphatic imine (C=N–C) groups is 1. The van der Waals surface area contributed by atoms with E-state index < -0.39 is 15.3 Å². The van der Waals surface area contributed by atoms with E-state index in [9.17, 15) is 8.42 Å². The zero-order valence-corrected chi connectivity index (χ0v) is 18.4. The lowest BCUT2D eigenvalue weighted by atomic mass is 10.2. The van der Waals surface area contributed by atoms with Crippen LogP contribution in [0.15, 0.2) is 40.6 Å². The number of anilines is 2. The quantitative estimate of drug-likeness (QED) is 0.562. The molecule has 1 unspecified atom stereocenters. The Kier molecular flexibility index (Phi) is 5.29. The van der Waals surface area contributed by atoms with Crippen molar-refractivity contribution in [1.29, 1.82) is 0 Å². The van der Waals surface area contributed by atoms with Gasteiger partial charge >= 0.3 is 0 Å². The van der Waals surface area contributed by atoms with E-state index in [0.29, 0.717) is 17.2 Å². The highest BCUT2D eigenvalue weighted by atomic mass is 35.5. The Hall–Kier alpha value is -2.85. The van der Waals surface area contributed by atoms with E-state index in [0.717, 1.165) is 36.1 Å². The van der Waals surface area contributed by atoms with E-state index in [-0.39, 0.29) is 5.16 Å². The highest BCUT2D eigenvalue weighted by Gasteiger charge is 2.34. The highest BCUT2D eigenvalue weighted by Crippen LogP contribution is 2.35. The molecule has 0 spiro atoms. The molecule has 2 N–H and O–H groups in total. The molecule has 158 valence electrons. The van der Waals surface area contributed by atoms with Crippen molar-refractivity contribution in [3.8, 4) is 11.5 Å². The summed E-state index contributed by atoms with van der Waals surface area (Å²) in [5.74, 6) is 0.528. The summed E-state index contributed by atoms with van der Waals surface area (Å²) in [7, 11) is -3.55. The van der Waals surface area contributed by atoms with Crippen molar-refractivity contribution in [3.05, 3.63) is 35.6 Å². The summed E-state index contributed by atoms with van der Waals surface area (Å²) in [5, 5.41) is 7.23. The van der Waals surface area contributed by atoms with E-state index in [1.807, 2.05) is 18.2 Å². The van der Waals surface area contributed by atoms with Crippen LogP contribution < -0.4 is 9.80 Å². The maximum atomic E-state index is 12.3. The number of rotatable bonds is 6. The van der Waals surface area contributed by atoms with Gasteiger partial charge in [-0.05, 0) is 38.1 Å². The molecule has 9 nitrogen and oxygen atoms in total. The first-order valence-corrected chi connectivity index (χ1v) is 11.8. The Labute approximate surface area is 179 Å². The van der Waals surface area contributed by atoms with Crippen molar-refractivity contribution in [3.63, 3.8) is 0 Å². The third-order valence-electron chi connectivity index (χ3n) is 4.97. The fourth-order valence-corrected chi connectivity index (χ4v) is 4.70. The van der Waals surface area contributed by atoms with Gasteiger partial charge in [-0.15, -0.1) is 0 Å². The smallest absolute Gasteiger partial charge is 0.228 e. The van der Waals surface area contributed by atoms with E-state index in [2.05, 4.69) is 43.9 Å². The lowest BCUT2D eigenvalue weighted by molar-refractivity contribution is 0.586. The number of aromatic nitrogens is 4. The highest BCUT2D eigenvalue weighted by molar-refractivity contribution is 7.91. The molecular formula is C19H22ClN7O2S. The maximum absolute atomic E-state index is 12.3. The predicted octanol–water partition coefficient (Wildman–Crippen LogP) is 3.10. The van der Waals surface area contributed by atoms with Crippen molar-refractivity contribution in [1.82, 2.24) is 20.2 Å². The summed E-state index contributed by atoms with van der Waals surface area (Å²) >= 11 is 6.35. The molecule has 0 radical (unpaired) electrons. The molecule has 3 aromatic rings. The molecule has 0 fully saturated rings. The van der Waals surface area contributed by atoms with Crippen LogP contribution in [0.3, 0.4) is 0 Å². The van der Waals surface area contributed by atoms with Crippen LogP contribution in [-0.4, -0.2) is 59.6 Å². The Morgan fingerprint density at radius 1 is 1.27 bits per heavy atom. The molecule has 30 heavy (non-hydrogen) atoms. The van der Waals surface area contributed by atoms with Crippen LogP contribution in [0.5, 0.6) is 0 Å². The molecule has 2 aromatic heterocycles. The van der Waals surface area contributed by atoms with Gasteiger partial charge in [0.1, 0.15) is 10.9 Å². The average molecular weight is 448 g/mol. The Balaban J connectivity index is 1.78. The van der Waals surface area contributed by atoms with E-state index in [1.165, 1.54) is 23.4 Å². The normalized spacial score (nSPS) is 16.9. The minimum atomic E-state index is -3.55. The first kappa shape index (κ1) is 20.4. The van der Waals surface area contributed by atoms with E-state index >= 15 is 0 Å². The summed E-state index contributed by atoms with van der Waals surface area (Å²) < 4.78 is 24.6. The van der Waals surface area contributed by atoms with Crippen LogP contribution in [0.2, 0.25) is 0 Å². The second kappa shape index (κ2) is 7.77. The summed E-state index contributed by atoms with van der Waals surface area (Å²) in [4.78, 5) is 15.7. The monoisotopic (exact) mass is 447 g/mol. The van der Waals surface area contributed by atoms with Gasteiger partial charge in [-0.2, -0.15) is 5.10 Å². The number of nitrogens with zero attached hydrogens (tertiary/aromatic N) is 5. The van der Waals surface area contributed by atoms with Crippen molar-refractivity contribution in [2.24, 2.45) is 4.99 Å². The van der Waals surface area contributed by atoms with Gasteiger partial charge in [0.2, 0.25) is 5.50 Å². The van der Waals surface area contributed by atoms with E-state index in [1.54, 1.807) is 0 Å². The van der Waals surface area contributed by atoms with Crippen LogP contribution >= 0.6 is 11.6 Å². The summed E-state index contributed by atoms with van der Waals surface area (Å²) in [6.45, 7) is 6.03. The van der Waals surface area contributed by atoms with Crippen molar-refractivity contribution >= 4 is 50.1 Å². The van der Waals surface area contributed by atoms with Crippen LogP contribution in [0.1, 0.15) is 13.8 Å². The van der Waals surface area contributed by atoms with Gasteiger partial charge in [-0.3, -0.25) is 15.0 Å². The molecule has 1 aliphatic rings. The molecule has 0 saturated carbocycles. The largest absolute Gasteiger partial charge is 0.372 e. The van der Waals surface area contributed by atoms with Crippen molar-refractivity contribution in [2.45, 2.75) is 19.3 Å². The third-order valence-corrected chi connectivity index (χ3v) is 6.38. The maximum Gasteiger partial charge on any atom is 0.228 e. The van der Waals surface area contributed by atoms with Gasteiger partial charge in [0.15, 0.2) is 15.7 Å². The van der Waals surface area contributed by atoms with Gasteiger partial charge in [0.25, 0.3) is 0 Å². The second-order valence-corrected chi connectivity index (χ2v) is 9.37. The lowest BCUT2D eigenvalue weighted by Gasteiger charge is -2.30. The predicted molar refractivity (Wildman–Crippen MR) is 121 cm³/mol. The minimum Gasteiger partial charge on any atom is -0.372 e. The van der Waals surface area contributed by atoms with Gasteiger partial charge in [0, 0.05) is 31.2 Å². The molecule has 1 aromatic carbocycles. The van der Waals surface area contributed by atoms with Crippen LogP contribution in [-0.2, 0) is 9.84 Å². The number of benzene rings is 1. The molecule has 0 aliphatic carbocycles. The summed E-state index contributed by atoms with van der Waals surface area (Å²) in [6.07, 6.45) is 5.56. The molecule has 4 rings (SSSR count). The fraction of sp³-hybridized carbons (Fsp3) is 0.316. The molecule has 1 aliphatic heterocycles. The number of allylic oxidation sites excluding steroid dienone is 1. The molecule has 0 bridgehead atoms. The average Bonchev–Trinajstić information content (AvgIpc) is 3.34. The lowest BCUT2D eigenvalue weighted by Crippen LogP contribution is -2.39. The number of aromatic amines is 2. The molecule has 3 heterocycles. The van der Waals surface area contributed by atoms with Gasteiger partial charge in [-0.1, -0.05) is 11.6 Å². The number of H-pyrrole nitrogens is 2. The third kappa shape index (κ3) is 3.56. The summed E-state index contributed by atoms with van der Waals surface area (Å²) in [6, 6.07) is 6.04. The van der Waals surface area contributed by atoms with Gasteiger partial charge in [0.05, 0.1) is 22.9 Å². The first-order chi connectivity index (χ1) is 14.3. The zero-order chi connectivity index (χ0) is 21.5. The number of halogens is 1. The van der Waals surface area contributed by atoms with Gasteiger partial charge in [-0.25, -0.2) is 13.4 Å². The molecule has 0 amide bonds. The first-order valence-electron chi connectivity index (χ1n) is 9.49. The number of nitrogens with one attached hydrogen (secondary N) is 2. The Morgan fingerprint density at radius 2 is 2.03 bits per heavy atom. The SMILES string of the molecule is CCN(CC)c1ccc2nc(-c3[nH]ncc3N3C(Cl)=CC=NC3S(C)(=O)=O)[nH]c2c1. The molecular weight excluding hydrogens is 426 g/mol. The van der Waals surface area contributed by atoms with Crippen LogP contribution in [0.25, 0.3) is 22.6 Å². The van der Waals surface area contributed by atoms with Gasteiger partial charge < -0.3 is 9.88 Å². The number of fused-ring (bicyclic) bond motifs is 1. The number of sulfone groups is 1. The number of hydrogen-bond acceptors (Lipinski definition) is 7. The Morgan fingerprint density at radius 3 is 2.73 bits per heavy atom. The molecule has 0 saturated heterocycles. The fourth-order valence-electron chi connectivity index (χ4n) is 3.50. The summed E-state index contributed by atoms with van der Waals surface area (Å²) in [5.41, 5.74) is 2.57. The number of imidazole rings is 1. The second-order valence-electron chi connectivity index (χ2n) is 6.90.